The molecule has 4 nitrogen and oxygen atoms in total. The van der Waals surface area contributed by atoms with Gasteiger partial charge in [-0.15, -0.1) is 0 Å². The molecule has 0 bridgehead atoms. The Hall–Kier alpha value is -1.65. The van der Waals surface area contributed by atoms with E-state index >= 15 is 0 Å². The topological polar surface area (TPSA) is 51.2 Å². The van der Waals surface area contributed by atoms with Crippen molar-refractivity contribution >= 4 is 28.5 Å². The van der Waals surface area contributed by atoms with Gasteiger partial charge in [-0.2, -0.15) is 0 Å². The summed E-state index contributed by atoms with van der Waals surface area (Å²) in [5.74, 6) is -0.286. The number of hydrogen-bond acceptors (Lipinski definition) is 4. The molecule has 100 valence electrons. The molecule has 0 saturated heterocycles. The highest BCUT2D eigenvalue weighted by Crippen LogP contribution is 2.24. The number of esters is 1. The minimum Gasteiger partial charge on any atom is -0.468 e. The SMILES string of the molecule is COC(=O)C(C)NCc1ccc(Cl)c2cccnc12. The molecule has 1 aromatic heterocycles. The average molecular weight is 279 g/mol. The van der Waals surface area contributed by atoms with Crippen LogP contribution in [0.2, 0.25) is 5.02 Å². The number of nitrogens with one attached hydrogen (secondary N) is 1. The van der Waals surface area contributed by atoms with E-state index < -0.39 is 0 Å². The van der Waals surface area contributed by atoms with Gasteiger partial charge in [0.25, 0.3) is 0 Å². The van der Waals surface area contributed by atoms with Crippen LogP contribution in [0.25, 0.3) is 10.9 Å². The molecule has 2 aromatic rings. The first-order valence-electron chi connectivity index (χ1n) is 5.97. The maximum atomic E-state index is 11.3. The van der Waals surface area contributed by atoms with Crippen LogP contribution in [0.15, 0.2) is 30.5 Å². The van der Waals surface area contributed by atoms with Crippen molar-refractivity contribution < 1.29 is 9.53 Å². The van der Waals surface area contributed by atoms with Gasteiger partial charge in [0.1, 0.15) is 6.04 Å². The van der Waals surface area contributed by atoms with Crippen LogP contribution in [-0.2, 0) is 16.1 Å². The van der Waals surface area contributed by atoms with Gasteiger partial charge in [-0.3, -0.25) is 9.78 Å². The first-order chi connectivity index (χ1) is 9.13. The molecule has 0 spiro atoms. The van der Waals surface area contributed by atoms with Crippen LogP contribution < -0.4 is 5.32 Å². The standard InChI is InChI=1S/C14H15ClN2O2/c1-9(14(18)19-2)17-8-10-5-6-12(15)11-4-3-7-16-13(10)11/h3-7,9,17H,8H2,1-2H3. The van der Waals surface area contributed by atoms with Crippen LogP contribution in [0.1, 0.15) is 12.5 Å². The number of carbonyl (C=O) groups is 1. The Morgan fingerprint density at radius 2 is 2.26 bits per heavy atom. The van der Waals surface area contributed by atoms with Gasteiger partial charge in [0.05, 0.1) is 12.6 Å². The van der Waals surface area contributed by atoms with E-state index in [0.717, 1.165) is 16.5 Å². The van der Waals surface area contributed by atoms with E-state index in [4.69, 9.17) is 11.6 Å². The Morgan fingerprint density at radius 3 is 3.00 bits per heavy atom. The van der Waals surface area contributed by atoms with Crippen molar-refractivity contribution in [3.05, 3.63) is 41.0 Å². The summed E-state index contributed by atoms with van der Waals surface area (Å²) in [4.78, 5) is 15.7. The molecule has 0 aliphatic rings. The van der Waals surface area contributed by atoms with Crippen LogP contribution in [0.5, 0.6) is 0 Å². The molecular weight excluding hydrogens is 264 g/mol. The molecule has 1 N–H and O–H groups in total. The second-order valence-corrected chi connectivity index (χ2v) is 4.64. The second kappa shape index (κ2) is 5.99. The van der Waals surface area contributed by atoms with Crippen LogP contribution in [0.3, 0.4) is 0 Å². The summed E-state index contributed by atoms with van der Waals surface area (Å²) in [6, 6.07) is 7.17. The quantitative estimate of drug-likeness (QED) is 0.873. The maximum absolute atomic E-state index is 11.3. The first kappa shape index (κ1) is 13.8. The number of rotatable bonds is 4. The van der Waals surface area contributed by atoms with Gasteiger partial charge in [0.2, 0.25) is 0 Å². The smallest absolute Gasteiger partial charge is 0.322 e. The lowest BCUT2D eigenvalue weighted by molar-refractivity contribution is -0.142. The predicted octanol–water partition coefficient (Wildman–Crippen LogP) is 2.54. The second-order valence-electron chi connectivity index (χ2n) is 4.23. The Bertz CT molecular complexity index is 601. The van der Waals surface area contributed by atoms with Gasteiger partial charge in [0, 0.05) is 23.2 Å². The van der Waals surface area contributed by atoms with Gasteiger partial charge in [0.15, 0.2) is 0 Å². The number of pyridine rings is 1. The zero-order valence-corrected chi connectivity index (χ0v) is 11.6. The van der Waals surface area contributed by atoms with Gasteiger partial charge < -0.3 is 10.1 Å². The third-order valence-corrected chi connectivity index (χ3v) is 3.28. The van der Waals surface area contributed by atoms with Crippen LogP contribution in [-0.4, -0.2) is 24.1 Å². The fourth-order valence-corrected chi connectivity index (χ4v) is 2.08. The van der Waals surface area contributed by atoms with E-state index in [9.17, 15) is 4.79 Å². The zero-order valence-electron chi connectivity index (χ0n) is 10.8. The molecule has 1 heterocycles. The summed E-state index contributed by atoms with van der Waals surface area (Å²) in [5.41, 5.74) is 1.84. The van der Waals surface area contributed by atoms with Gasteiger partial charge in [-0.25, -0.2) is 0 Å². The summed E-state index contributed by atoms with van der Waals surface area (Å²) in [6.07, 6.45) is 1.73. The van der Waals surface area contributed by atoms with E-state index in [2.05, 4.69) is 15.0 Å². The minimum atomic E-state index is -0.362. The van der Waals surface area contributed by atoms with Crippen LogP contribution in [0.4, 0.5) is 0 Å². The van der Waals surface area contributed by atoms with Crippen LogP contribution >= 0.6 is 11.6 Å². The molecule has 0 aliphatic heterocycles. The molecule has 1 aromatic carbocycles. The number of benzene rings is 1. The third-order valence-electron chi connectivity index (χ3n) is 2.95. The zero-order chi connectivity index (χ0) is 13.8. The van der Waals surface area contributed by atoms with E-state index in [-0.39, 0.29) is 12.0 Å². The average Bonchev–Trinajstić information content (AvgIpc) is 2.45. The molecule has 0 aliphatic carbocycles. The molecule has 0 fully saturated rings. The Morgan fingerprint density at radius 1 is 1.47 bits per heavy atom. The number of hydrogen-bond donors (Lipinski definition) is 1. The molecular formula is C14H15ClN2O2. The Labute approximate surface area is 116 Å². The Balaban J connectivity index is 2.22. The summed E-state index contributed by atoms with van der Waals surface area (Å²) in [5, 5.41) is 4.69. The fourth-order valence-electron chi connectivity index (χ4n) is 1.86. The van der Waals surface area contributed by atoms with Crippen LogP contribution in [0, 0.1) is 0 Å². The molecule has 0 radical (unpaired) electrons. The third kappa shape index (κ3) is 3.03. The lowest BCUT2D eigenvalue weighted by Gasteiger charge is -2.12. The van der Waals surface area contributed by atoms with Crippen molar-refractivity contribution in [2.75, 3.05) is 7.11 Å². The first-order valence-corrected chi connectivity index (χ1v) is 6.34. The summed E-state index contributed by atoms with van der Waals surface area (Å²) in [7, 11) is 1.37. The Kier molecular flexibility index (Phi) is 4.35. The highest BCUT2D eigenvalue weighted by Gasteiger charge is 2.13. The van der Waals surface area contributed by atoms with Crippen molar-refractivity contribution in [1.29, 1.82) is 0 Å². The largest absolute Gasteiger partial charge is 0.468 e. The number of halogens is 1. The molecule has 1 atom stereocenters. The number of aromatic nitrogens is 1. The minimum absolute atomic E-state index is 0.286. The van der Waals surface area contributed by atoms with Crippen molar-refractivity contribution in [2.24, 2.45) is 0 Å². The number of fused-ring (bicyclic) bond motifs is 1. The number of ether oxygens (including phenoxy) is 1. The number of carbonyl (C=O) groups excluding carboxylic acids is 1. The lowest BCUT2D eigenvalue weighted by atomic mass is 10.1. The van der Waals surface area contributed by atoms with Crippen molar-refractivity contribution in [2.45, 2.75) is 19.5 Å². The lowest BCUT2D eigenvalue weighted by Crippen LogP contribution is -2.34. The van der Waals surface area contributed by atoms with Crippen molar-refractivity contribution in [3.63, 3.8) is 0 Å². The molecule has 19 heavy (non-hydrogen) atoms. The van der Waals surface area contributed by atoms with E-state index in [1.807, 2.05) is 24.3 Å². The summed E-state index contributed by atoms with van der Waals surface area (Å²) >= 11 is 6.13. The van der Waals surface area contributed by atoms with E-state index in [0.29, 0.717) is 11.6 Å². The number of nitrogens with zero attached hydrogens (tertiary/aromatic N) is 1. The van der Waals surface area contributed by atoms with E-state index in [1.54, 1.807) is 13.1 Å². The molecule has 2 rings (SSSR count). The highest BCUT2D eigenvalue weighted by molar-refractivity contribution is 6.35. The highest BCUT2D eigenvalue weighted by atomic mass is 35.5. The van der Waals surface area contributed by atoms with Crippen molar-refractivity contribution in [1.82, 2.24) is 10.3 Å². The predicted molar refractivity (Wildman–Crippen MR) is 75.1 cm³/mol. The van der Waals surface area contributed by atoms with Gasteiger partial charge >= 0.3 is 5.97 Å². The van der Waals surface area contributed by atoms with Crippen molar-refractivity contribution in [3.8, 4) is 0 Å². The summed E-state index contributed by atoms with van der Waals surface area (Å²) < 4.78 is 4.67. The monoisotopic (exact) mass is 278 g/mol. The maximum Gasteiger partial charge on any atom is 0.322 e. The summed E-state index contributed by atoms with van der Waals surface area (Å²) in [6.45, 7) is 2.29. The molecule has 1 unspecified atom stereocenters. The van der Waals surface area contributed by atoms with Gasteiger partial charge in [-0.1, -0.05) is 17.7 Å². The fraction of sp³-hybridized carbons (Fsp3) is 0.286. The molecule has 5 heteroatoms. The van der Waals surface area contributed by atoms with E-state index in [1.165, 1.54) is 7.11 Å². The normalized spacial score (nSPS) is 12.4. The molecule has 0 amide bonds. The number of methoxy groups -OCH3 is 1. The van der Waals surface area contributed by atoms with Gasteiger partial charge in [-0.05, 0) is 30.7 Å². The molecule has 0 saturated carbocycles.